The van der Waals surface area contributed by atoms with E-state index in [1.54, 1.807) is 0 Å². The minimum Gasteiger partial charge on any atom is -0.341 e. The summed E-state index contributed by atoms with van der Waals surface area (Å²) in [4.78, 5) is 14.4. The number of carbonyl (C=O) groups is 1. The topological polar surface area (TPSA) is 32.3 Å². The minimum atomic E-state index is 0.0821. The Bertz CT molecular complexity index is 285. The number of piperidine rings is 1. The van der Waals surface area contributed by atoms with E-state index in [1.165, 1.54) is 38.5 Å². The van der Waals surface area contributed by atoms with Crippen molar-refractivity contribution in [3.05, 3.63) is 0 Å². The molecule has 2 aliphatic rings. The van der Waals surface area contributed by atoms with E-state index in [1.807, 2.05) is 11.9 Å². The van der Waals surface area contributed by atoms with Crippen LogP contribution in [0.3, 0.4) is 0 Å². The fourth-order valence-electron chi connectivity index (χ4n) is 3.26. The predicted molar refractivity (Wildman–Crippen MR) is 74.4 cm³/mol. The van der Waals surface area contributed by atoms with Gasteiger partial charge in [-0.15, -0.1) is 0 Å². The van der Waals surface area contributed by atoms with Crippen LogP contribution >= 0.6 is 0 Å². The van der Waals surface area contributed by atoms with Crippen LogP contribution in [-0.2, 0) is 4.79 Å². The molecule has 2 fully saturated rings. The Morgan fingerprint density at radius 1 is 1.17 bits per heavy atom. The van der Waals surface area contributed by atoms with Gasteiger partial charge in [-0.25, -0.2) is 0 Å². The summed E-state index contributed by atoms with van der Waals surface area (Å²) in [5.74, 6) is 0.319. The van der Waals surface area contributed by atoms with Crippen LogP contribution in [0, 0.1) is 5.41 Å². The third-order valence-corrected chi connectivity index (χ3v) is 4.81. The summed E-state index contributed by atoms with van der Waals surface area (Å²) >= 11 is 0. The predicted octanol–water partition coefficient (Wildman–Crippen LogP) is 2.56. The maximum atomic E-state index is 12.4. The second-order valence-corrected chi connectivity index (χ2v) is 6.85. The van der Waals surface area contributed by atoms with E-state index in [9.17, 15) is 4.79 Å². The minimum absolute atomic E-state index is 0.0821. The monoisotopic (exact) mass is 252 g/mol. The summed E-state index contributed by atoms with van der Waals surface area (Å²) < 4.78 is 0. The summed E-state index contributed by atoms with van der Waals surface area (Å²) in [6.07, 6.45) is 8.24. The molecule has 18 heavy (non-hydrogen) atoms. The molecule has 1 aliphatic carbocycles. The Morgan fingerprint density at radius 2 is 1.83 bits per heavy atom. The van der Waals surface area contributed by atoms with Gasteiger partial charge in [-0.1, -0.05) is 20.3 Å². The van der Waals surface area contributed by atoms with Crippen molar-refractivity contribution in [2.75, 3.05) is 13.6 Å². The molecule has 1 saturated carbocycles. The van der Waals surface area contributed by atoms with E-state index < -0.39 is 0 Å². The Balaban J connectivity index is 1.87. The summed E-state index contributed by atoms with van der Waals surface area (Å²) in [6, 6.07) is 0.549. The SMILES string of the molecule is CN(C(=O)[C@@H]1CCCCN1)C1CCC(C)(C)CC1. The van der Waals surface area contributed by atoms with Crippen LogP contribution in [-0.4, -0.2) is 36.5 Å². The molecule has 2 rings (SSSR count). The van der Waals surface area contributed by atoms with E-state index in [0.29, 0.717) is 17.4 Å². The highest BCUT2D eigenvalue weighted by Gasteiger charge is 2.33. The van der Waals surface area contributed by atoms with Gasteiger partial charge in [0.05, 0.1) is 6.04 Å². The number of hydrogen-bond donors (Lipinski definition) is 1. The molecule has 0 spiro atoms. The zero-order chi connectivity index (χ0) is 13.2. The van der Waals surface area contributed by atoms with E-state index >= 15 is 0 Å². The molecular weight excluding hydrogens is 224 g/mol. The molecule has 1 aliphatic heterocycles. The first-order valence-electron chi connectivity index (χ1n) is 7.50. The molecule has 104 valence electrons. The van der Waals surface area contributed by atoms with Gasteiger partial charge in [0.1, 0.15) is 0 Å². The van der Waals surface area contributed by atoms with Gasteiger partial charge >= 0.3 is 0 Å². The Morgan fingerprint density at radius 3 is 2.39 bits per heavy atom. The Labute approximate surface area is 111 Å². The van der Waals surface area contributed by atoms with Crippen molar-refractivity contribution in [3.63, 3.8) is 0 Å². The van der Waals surface area contributed by atoms with Gasteiger partial charge in [0.2, 0.25) is 5.91 Å². The van der Waals surface area contributed by atoms with Gasteiger partial charge < -0.3 is 10.2 Å². The first-order valence-corrected chi connectivity index (χ1v) is 7.50. The number of hydrogen-bond acceptors (Lipinski definition) is 2. The first kappa shape index (κ1) is 13.9. The molecule has 0 bridgehead atoms. The van der Waals surface area contributed by atoms with Gasteiger partial charge in [-0.05, 0) is 50.5 Å². The lowest BCUT2D eigenvalue weighted by Crippen LogP contribution is -2.51. The van der Waals surface area contributed by atoms with Gasteiger partial charge in [-0.3, -0.25) is 4.79 Å². The zero-order valence-corrected chi connectivity index (χ0v) is 12.2. The summed E-state index contributed by atoms with van der Waals surface area (Å²) in [7, 11) is 2.00. The lowest BCUT2D eigenvalue weighted by atomic mass is 9.75. The molecule has 1 saturated heterocycles. The largest absolute Gasteiger partial charge is 0.341 e. The molecule has 3 heteroatoms. The highest BCUT2D eigenvalue weighted by atomic mass is 16.2. The standard InChI is InChI=1S/C15H28N2O/c1-15(2)9-7-12(8-10-15)17(3)14(18)13-6-4-5-11-16-13/h12-13,16H,4-11H2,1-3H3/t13-/m0/s1. The van der Waals surface area contributed by atoms with Crippen LogP contribution < -0.4 is 5.32 Å². The van der Waals surface area contributed by atoms with Crippen LogP contribution in [0.5, 0.6) is 0 Å². The third-order valence-electron chi connectivity index (χ3n) is 4.81. The fraction of sp³-hybridized carbons (Fsp3) is 0.933. The van der Waals surface area contributed by atoms with E-state index in [2.05, 4.69) is 19.2 Å². The number of likely N-dealkylation sites (N-methyl/N-ethyl adjacent to an activating group) is 1. The summed E-state index contributed by atoms with van der Waals surface area (Å²) in [6.45, 7) is 5.68. The van der Waals surface area contributed by atoms with E-state index in [4.69, 9.17) is 0 Å². The third kappa shape index (κ3) is 3.25. The average Bonchev–Trinajstić information content (AvgIpc) is 2.38. The van der Waals surface area contributed by atoms with Crippen LogP contribution in [0.1, 0.15) is 58.8 Å². The maximum absolute atomic E-state index is 12.4. The summed E-state index contributed by atoms with van der Waals surface area (Å²) in [5.41, 5.74) is 0.476. The molecular formula is C15H28N2O. The molecule has 1 heterocycles. The van der Waals surface area contributed by atoms with Crippen LogP contribution in [0.15, 0.2) is 0 Å². The highest BCUT2D eigenvalue weighted by Crippen LogP contribution is 2.36. The molecule has 0 aromatic heterocycles. The quantitative estimate of drug-likeness (QED) is 0.819. The smallest absolute Gasteiger partial charge is 0.239 e. The Hall–Kier alpha value is -0.570. The number of carbonyl (C=O) groups excluding carboxylic acids is 1. The van der Waals surface area contributed by atoms with Crippen LogP contribution in [0.4, 0.5) is 0 Å². The van der Waals surface area contributed by atoms with Crippen LogP contribution in [0.2, 0.25) is 0 Å². The van der Waals surface area contributed by atoms with Gasteiger partial charge in [0.15, 0.2) is 0 Å². The van der Waals surface area contributed by atoms with Crippen LogP contribution in [0.25, 0.3) is 0 Å². The van der Waals surface area contributed by atoms with Gasteiger partial charge in [0.25, 0.3) is 0 Å². The maximum Gasteiger partial charge on any atom is 0.239 e. The molecule has 3 nitrogen and oxygen atoms in total. The molecule has 1 atom stereocenters. The van der Waals surface area contributed by atoms with E-state index in [0.717, 1.165) is 13.0 Å². The molecule has 1 N–H and O–H groups in total. The van der Waals surface area contributed by atoms with Gasteiger partial charge in [0, 0.05) is 13.1 Å². The van der Waals surface area contributed by atoms with Crippen molar-refractivity contribution >= 4 is 5.91 Å². The van der Waals surface area contributed by atoms with Crippen molar-refractivity contribution in [1.82, 2.24) is 10.2 Å². The van der Waals surface area contributed by atoms with Crippen molar-refractivity contribution in [1.29, 1.82) is 0 Å². The molecule has 0 radical (unpaired) electrons. The molecule has 0 unspecified atom stereocenters. The fourth-order valence-corrected chi connectivity index (χ4v) is 3.26. The normalized spacial score (nSPS) is 28.9. The highest BCUT2D eigenvalue weighted by molar-refractivity contribution is 5.82. The lowest BCUT2D eigenvalue weighted by Gasteiger charge is -2.40. The van der Waals surface area contributed by atoms with E-state index in [-0.39, 0.29) is 6.04 Å². The molecule has 0 aromatic carbocycles. The van der Waals surface area contributed by atoms with Crippen molar-refractivity contribution in [2.45, 2.75) is 70.9 Å². The second kappa shape index (κ2) is 5.60. The van der Waals surface area contributed by atoms with Crippen molar-refractivity contribution in [2.24, 2.45) is 5.41 Å². The number of nitrogens with zero attached hydrogens (tertiary/aromatic N) is 1. The van der Waals surface area contributed by atoms with Gasteiger partial charge in [-0.2, -0.15) is 0 Å². The summed E-state index contributed by atoms with van der Waals surface area (Å²) in [5, 5.41) is 3.36. The number of rotatable bonds is 2. The molecule has 1 amide bonds. The van der Waals surface area contributed by atoms with Crippen molar-refractivity contribution < 1.29 is 4.79 Å². The average molecular weight is 252 g/mol. The first-order chi connectivity index (χ1) is 8.49. The van der Waals surface area contributed by atoms with Crippen molar-refractivity contribution in [3.8, 4) is 0 Å². The lowest BCUT2D eigenvalue weighted by molar-refractivity contribution is -0.135. The second-order valence-electron chi connectivity index (χ2n) is 6.85. The zero-order valence-electron chi connectivity index (χ0n) is 12.2. The molecule has 0 aromatic rings. The number of amides is 1. The number of nitrogens with one attached hydrogen (secondary N) is 1. The Kier molecular flexibility index (Phi) is 4.31.